The van der Waals surface area contributed by atoms with E-state index in [0.29, 0.717) is 34.7 Å². The number of nitrogens with one attached hydrogen (secondary N) is 1. The third-order valence-electron chi connectivity index (χ3n) is 7.73. The van der Waals surface area contributed by atoms with Gasteiger partial charge in [0.05, 0.1) is 29.1 Å². The van der Waals surface area contributed by atoms with Crippen molar-refractivity contribution < 1.29 is 29.2 Å². The summed E-state index contributed by atoms with van der Waals surface area (Å²) in [6.07, 6.45) is 0.682. The fourth-order valence-corrected chi connectivity index (χ4v) is 5.82. The molecule has 2 saturated heterocycles. The predicted molar refractivity (Wildman–Crippen MR) is 146 cm³/mol. The summed E-state index contributed by atoms with van der Waals surface area (Å²) in [7, 11) is 0. The molecule has 4 atom stereocenters. The molecule has 4 unspecified atom stereocenters. The lowest BCUT2D eigenvalue weighted by molar-refractivity contribution is -0.384. The number of benzene rings is 3. The Bertz CT molecular complexity index is 1470. The number of anilines is 1. The van der Waals surface area contributed by atoms with E-state index in [4.69, 9.17) is 4.74 Å². The number of aliphatic carboxylic acids is 1. The van der Waals surface area contributed by atoms with Crippen LogP contribution in [0.2, 0.25) is 0 Å². The van der Waals surface area contributed by atoms with Crippen LogP contribution in [0.1, 0.15) is 36.1 Å². The number of nitrogens with zero attached hydrogens (tertiary/aromatic N) is 2. The quantitative estimate of drug-likeness (QED) is 0.233. The molecule has 206 valence electrons. The Morgan fingerprint density at radius 2 is 1.73 bits per heavy atom. The molecule has 3 aromatic rings. The van der Waals surface area contributed by atoms with Crippen molar-refractivity contribution >= 4 is 29.2 Å². The van der Waals surface area contributed by atoms with Gasteiger partial charge in [-0.3, -0.25) is 29.8 Å². The highest BCUT2D eigenvalue weighted by Gasteiger charge is 2.68. The zero-order valence-corrected chi connectivity index (χ0v) is 22.1. The summed E-state index contributed by atoms with van der Waals surface area (Å²) in [4.78, 5) is 52.8. The molecule has 2 fully saturated rings. The molecular formula is C30H29N3O7. The summed E-state index contributed by atoms with van der Waals surface area (Å²) >= 11 is 0. The molecule has 10 heteroatoms. The molecule has 2 aliphatic heterocycles. The van der Waals surface area contributed by atoms with Gasteiger partial charge in [-0.25, -0.2) is 4.90 Å². The van der Waals surface area contributed by atoms with Crippen LogP contribution in [0.5, 0.6) is 5.75 Å². The van der Waals surface area contributed by atoms with Crippen LogP contribution in [-0.4, -0.2) is 40.0 Å². The number of ether oxygens (including phenoxy) is 1. The van der Waals surface area contributed by atoms with E-state index < -0.39 is 46.1 Å². The number of hydrogen-bond donors (Lipinski definition) is 2. The smallest absolute Gasteiger partial charge is 0.325 e. The van der Waals surface area contributed by atoms with Gasteiger partial charge in [-0.1, -0.05) is 49.4 Å². The maximum Gasteiger partial charge on any atom is 0.325 e. The maximum absolute atomic E-state index is 14.0. The lowest BCUT2D eigenvalue weighted by Gasteiger charge is -2.31. The number of para-hydroxylation sites is 1. The average molecular weight is 544 g/mol. The summed E-state index contributed by atoms with van der Waals surface area (Å²) < 4.78 is 5.68. The third-order valence-corrected chi connectivity index (χ3v) is 7.73. The Balaban J connectivity index is 1.60. The number of nitro groups is 1. The molecule has 10 nitrogen and oxygen atoms in total. The largest absolute Gasteiger partial charge is 0.494 e. The predicted octanol–water partition coefficient (Wildman–Crippen LogP) is 4.21. The van der Waals surface area contributed by atoms with Gasteiger partial charge in [0, 0.05) is 24.6 Å². The Morgan fingerprint density at radius 3 is 2.33 bits per heavy atom. The van der Waals surface area contributed by atoms with Gasteiger partial charge in [-0.05, 0) is 48.2 Å². The van der Waals surface area contributed by atoms with Crippen molar-refractivity contribution in [3.8, 4) is 5.75 Å². The van der Waals surface area contributed by atoms with E-state index in [2.05, 4.69) is 5.32 Å². The first-order valence-electron chi connectivity index (χ1n) is 13.1. The van der Waals surface area contributed by atoms with E-state index in [0.717, 1.165) is 11.3 Å². The minimum absolute atomic E-state index is 0.133. The fourth-order valence-electron chi connectivity index (χ4n) is 5.82. The molecule has 0 spiro atoms. The number of imide groups is 1. The average Bonchev–Trinajstić information content (AvgIpc) is 3.42. The van der Waals surface area contributed by atoms with Crippen molar-refractivity contribution in [2.24, 2.45) is 11.8 Å². The molecule has 2 N–H and O–H groups in total. The minimum atomic E-state index is -1.84. The van der Waals surface area contributed by atoms with Crippen molar-refractivity contribution in [1.29, 1.82) is 0 Å². The first-order chi connectivity index (χ1) is 19.2. The monoisotopic (exact) mass is 543 g/mol. The van der Waals surface area contributed by atoms with Gasteiger partial charge in [0.25, 0.3) is 5.69 Å². The van der Waals surface area contributed by atoms with Crippen molar-refractivity contribution in [3.63, 3.8) is 0 Å². The van der Waals surface area contributed by atoms with Crippen molar-refractivity contribution in [2.75, 3.05) is 11.5 Å². The van der Waals surface area contributed by atoms with Crippen LogP contribution in [0.15, 0.2) is 72.8 Å². The van der Waals surface area contributed by atoms with Gasteiger partial charge in [0.2, 0.25) is 11.8 Å². The summed E-state index contributed by atoms with van der Waals surface area (Å²) in [5.74, 6) is -3.90. The van der Waals surface area contributed by atoms with Crippen molar-refractivity contribution in [1.82, 2.24) is 5.32 Å². The van der Waals surface area contributed by atoms with Crippen LogP contribution in [0, 0.1) is 28.9 Å². The lowest BCUT2D eigenvalue weighted by Crippen LogP contribution is -2.57. The molecule has 2 aliphatic rings. The summed E-state index contributed by atoms with van der Waals surface area (Å²) in [5, 5.41) is 25.0. The van der Waals surface area contributed by atoms with Crippen LogP contribution < -0.4 is 15.0 Å². The van der Waals surface area contributed by atoms with E-state index in [1.165, 1.54) is 24.3 Å². The molecule has 2 amide bonds. The Kier molecular flexibility index (Phi) is 7.12. The van der Waals surface area contributed by atoms with Crippen LogP contribution in [-0.2, 0) is 20.8 Å². The zero-order chi connectivity index (χ0) is 28.6. The van der Waals surface area contributed by atoms with Gasteiger partial charge < -0.3 is 9.84 Å². The number of hydrogen-bond acceptors (Lipinski definition) is 7. The molecule has 3 aromatic carbocycles. The van der Waals surface area contributed by atoms with Gasteiger partial charge in [0.15, 0.2) is 0 Å². The topological polar surface area (TPSA) is 139 Å². The number of non-ortho nitro benzene ring substituents is 1. The Morgan fingerprint density at radius 1 is 1.05 bits per heavy atom. The Hall–Kier alpha value is -4.57. The van der Waals surface area contributed by atoms with E-state index in [9.17, 15) is 29.6 Å². The molecule has 0 saturated carbocycles. The molecular weight excluding hydrogens is 514 g/mol. The maximum atomic E-state index is 14.0. The number of rotatable bonds is 9. The molecule has 40 heavy (non-hydrogen) atoms. The summed E-state index contributed by atoms with van der Waals surface area (Å²) in [6.45, 7) is 4.33. The van der Waals surface area contributed by atoms with Crippen LogP contribution >= 0.6 is 0 Å². The lowest BCUT2D eigenvalue weighted by atomic mass is 9.76. The standard InChI is InChI=1S/C30H29N3O7/c1-3-16-40-22-14-10-20(11-15-22)26-24-25(28(35)32(27(24)34)23-7-5-4-6-18(23)2)30(31-26,29(36)37)17-19-8-12-21(13-9-19)33(38)39/h4-15,24-26,31H,3,16-17H2,1-2H3,(H,36,37). The number of nitro benzene ring substituents is 1. The van der Waals surface area contributed by atoms with E-state index in [-0.39, 0.29) is 12.1 Å². The van der Waals surface area contributed by atoms with Crippen LogP contribution in [0.3, 0.4) is 0 Å². The molecule has 5 rings (SSSR count). The SMILES string of the molecule is CCCOc1ccc(C2NC(Cc3ccc([N+](=O)[O-])cc3)(C(=O)O)C3C(=O)N(c4ccccc4C)C(=O)C23)cc1. The number of carboxylic acid groups (broad SMARTS) is 1. The second-order valence-electron chi connectivity index (χ2n) is 10.2. The minimum Gasteiger partial charge on any atom is -0.494 e. The molecule has 0 aromatic heterocycles. The second-order valence-corrected chi connectivity index (χ2v) is 10.2. The fraction of sp³-hybridized carbons (Fsp3) is 0.300. The van der Waals surface area contributed by atoms with Gasteiger partial charge in [-0.15, -0.1) is 0 Å². The Labute approximate surface area is 230 Å². The van der Waals surface area contributed by atoms with E-state index in [1.807, 2.05) is 6.92 Å². The number of carbonyl (C=O) groups is 3. The number of carboxylic acids is 1. The highest BCUT2D eigenvalue weighted by Crippen LogP contribution is 2.51. The van der Waals surface area contributed by atoms with Crippen molar-refractivity contribution in [3.05, 3.63) is 99.6 Å². The normalized spacial score (nSPS) is 23.8. The number of aryl methyl sites for hydroxylation is 1. The van der Waals surface area contributed by atoms with Gasteiger partial charge >= 0.3 is 5.97 Å². The highest BCUT2D eigenvalue weighted by atomic mass is 16.6. The van der Waals surface area contributed by atoms with Crippen LogP contribution in [0.4, 0.5) is 11.4 Å². The number of fused-ring (bicyclic) bond motifs is 1. The van der Waals surface area contributed by atoms with E-state index in [1.54, 1.807) is 55.5 Å². The number of carbonyl (C=O) groups excluding carboxylic acids is 2. The molecule has 0 aliphatic carbocycles. The molecule has 2 heterocycles. The zero-order valence-electron chi connectivity index (χ0n) is 22.1. The summed E-state index contributed by atoms with van der Waals surface area (Å²) in [6, 6.07) is 18.8. The van der Waals surface area contributed by atoms with Gasteiger partial charge in [0.1, 0.15) is 11.3 Å². The van der Waals surface area contributed by atoms with Crippen LogP contribution in [0.25, 0.3) is 0 Å². The molecule has 0 radical (unpaired) electrons. The molecule has 0 bridgehead atoms. The summed E-state index contributed by atoms with van der Waals surface area (Å²) in [5.41, 5.74) is 0.293. The number of amides is 2. The van der Waals surface area contributed by atoms with E-state index >= 15 is 0 Å². The second kappa shape index (κ2) is 10.5. The van der Waals surface area contributed by atoms with Gasteiger partial charge in [-0.2, -0.15) is 0 Å². The highest BCUT2D eigenvalue weighted by molar-refractivity contribution is 6.24. The van der Waals surface area contributed by atoms with Crippen molar-refractivity contribution in [2.45, 2.75) is 38.3 Å². The first-order valence-corrected chi connectivity index (χ1v) is 13.1. The third kappa shape index (κ3) is 4.50. The first kappa shape index (κ1) is 27.0.